The lowest BCUT2D eigenvalue weighted by atomic mass is 9.96. The maximum atomic E-state index is 9.71. The molecule has 57 heavy (non-hydrogen) atoms. The number of nitrogens with zero attached hydrogens (tertiary/aromatic N) is 2. The highest BCUT2D eigenvalue weighted by molar-refractivity contribution is 7.26. The lowest BCUT2D eigenvalue weighted by Gasteiger charge is -2.09. The molecule has 0 N–H and O–H groups in total. The van der Waals surface area contributed by atoms with Gasteiger partial charge in [0.05, 0.1) is 55.7 Å². The molecule has 4 aromatic heterocycles. The summed E-state index contributed by atoms with van der Waals surface area (Å²) in [7, 11) is 0. The molecule has 12 rings (SSSR count). The molecule has 0 spiro atoms. The Morgan fingerprint density at radius 3 is 1.51 bits per heavy atom. The van der Waals surface area contributed by atoms with Crippen molar-refractivity contribution in [1.29, 1.82) is 0 Å². The van der Waals surface area contributed by atoms with Gasteiger partial charge in [-0.3, -0.25) is 0 Å². The van der Waals surface area contributed by atoms with Crippen molar-refractivity contribution in [1.82, 2.24) is 9.97 Å². The Morgan fingerprint density at radius 1 is 0.404 bits per heavy atom. The third-order valence-corrected chi connectivity index (χ3v) is 10.1. The smallest absolute Gasteiger partial charge is 0.143 e. The summed E-state index contributed by atoms with van der Waals surface area (Å²) in [5.74, 6) is 0. The zero-order valence-corrected chi connectivity index (χ0v) is 29.0. The van der Waals surface area contributed by atoms with Gasteiger partial charge >= 0.3 is 0 Å². The van der Waals surface area contributed by atoms with Crippen molar-refractivity contribution >= 4 is 75.5 Å². The van der Waals surface area contributed by atoms with Gasteiger partial charge in [0.2, 0.25) is 0 Å². The van der Waals surface area contributed by atoms with Gasteiger partial charge in [0.1, 0.15) is 28.7 Å². The normalized spacial score (nSPS) is 19.0. The summed E-state index contributed by atoms with van der Waals surface area (Å²) in [5, 5.41) is -1.81. The first-order valence-corrected chi connectivity index (χ1v) is 17.5. The molecule has 4 nitrogen and oxygen atoms in total. The molecular weight excluding hydrogens is 717 g/mol. The number of para-hydroxylation sites is 4. The molecular formula is C52H30N2O2S. The van der Waals surface area contributed by atoms with Crippen LogP contribution in [-0.2, 0) is 0 Å². The number of aromatic nitrogens is 2. The van der Waals surface area contributed by atoms with Crippen LogP contribution in [0.25, 0.3) is 120 Å². The van der Waals surface area contributed by atoms with Gasteiger partial charge in [-0.1, -0.05) is 133 Å². The molecule has 0 saturated heterocycles. The summed E-state index contributed by atoms with van der Waals surface area (Å²) in [6.07, 6.45) is 0.904. The molecule has 0 amide bonds. The number of hydrogen-bond acceptors (Lipinski definition) is 5. The lowest BCUT2D eigenvalue weighted by molar-refractivity contribution is 0.669. The van der Waals surface area contributed by atoms with Gasteiger partial charge in [0, 0.05) is 48.3 Å². The quantitative estimate of drug-likeness (QED) is 0.175. The standard InChI is InChI=1S/C52H30N2O2S/c1-3-22-45-40(16-1)42-20-8-18-38(50(42)55-45)35-13-5-10-31(26-35)33-12-7-15-37(28-33)48-52-49(54-30-53-48)44-29-34(24-25-47(44)57-52)32-11-6-14-36(27-32)39-19-9-21-43-41-17-2-4-23-46(41)56-51(39)43/h1-30H/i1D,2D,3D,4D,5D,6D,7D,8D,9D,10D,11D,12D,13D,14D,15D,16D,17D,18D,19D,20D,21D,22D,23D,24D,25D,26D,27D,28D,29D. The van der Waals surface area contributed by atoms with Crippen LogP contribution in [0.15, 0.2) is 190 Å². The van der Waals surface area contributed by atoms with E-state index in [1.54, 1.807) is 0 Å². The number of rotatable bonds is 5. The van der Waals surface area contributed by atoms with Crippen LogP contribution in [-0.4, -0.2) is 9.97 Å². The molecule has 0 unspecified atom stereocenters. The summed E-state index contributed by atoms with van der Waals surface area (Å²) < 4.78 is 271. The Bertz CT molecular complexity index is 5250. The van der Waals surface area contributed by atoms with Crippen molar-refractivity contribution in [3.63, 3.8) is 0 Å². The van der Waals surface area contributed by atoms with Crippen molar-refractivity contribution in [2.75, 3.05) is 0 Å². The molecule has 5 heteroatoms. The fraction of sp³-hybridized carbons (Fsp3) is 0. The zero-order valence-electron chi connectivity index (χ0n) is 57.2. The zero-order chi connectivity index (χ0) is 62.7. The summed E-state index contributed by atoms with van der Waals surface area (Å²) in [6, 6.07) is -23.9. The second kappa shape index (κ2) is 12.6. The van der Waals surface area contributed by atoms with Crippen molar-refractivity contribution in [2.45, 2.75) is 0 Å². The van der Waals surface area contributed by atoms with E-state index in [1.807, 2.05) is 0 Å². The van der Waals surface area contributed by atoms with E-state index in [1.165, 1.54) is 0 Å². The third kappa shape index (κ3) is 5.13. The lowest BCUT2D eigenvalue weighted by Crippen LogP contribution is -1.88. The molecule has 12 aromatic rings. The summed E-state index contributed by atoms with van der Waals surface area (Å²) in [5.41, 5.74) is -8.89. The average molecular weight is 776 g/mol. The van der Waals surface area contributed by atoms with Crippen molar-refractivity contribution < 1.29 is 48.6 Å². The van der Waals surface area contributed by atoms with Crippen LogP contribution in [0.1, 0.15) is 39.8 Å². The first-order chi connectivity index (χ1) is 40.3. The molecule has 0 bridgehead atoms. The molecule has 266 valence electrons. The second-order valence-electron chi connectivity index (χ2n) is 12.2. The number of thiophene rings is 1. The van der Waals surface area contributed by atoms with E-state index < -0.39 is 258 Å². The van der Waals surface area contributed by atoms with E-state index in [2.05, 4.69) is 9.97 Å². The predicted octanol–water partition coefficient (Wildman–Crippen LogP) is 15.0. The average Bonchev–Trinajstić information content (AvgIpc) is 1.44. The van der Waals surface area contributed by atoms with E-state index >= 15 is 0 Å². The van der Waals surface area contributed by atoms with Crippen LogP contribution in [0.4, 0.5) is 0 Å². The Morgan fingerprint density at radius 2 is 0.895 bits per heavy atom. The minimum atomic E-state index is -0.982. The molecule has 0 fully saturated rings. The molecule has 0 aliphatic carbocycles. The van der Waals surface area contributed by atoms with E-state index in [4.69, 9.17) is 39.0 Å². The van der Waals surface area contributed by atoms with Crippen molar-refractivity contribution in [3.8, 4) is 55.8 Å². The molecule has 0 aliphatic heterocycles. The molecule has 4 heterocycles. The molecule has 0 aliphatic rings. The number of furan rings is 2. The van der Waals surface area contributed by atoms with Gasteiger partial charge in [0.25, 0.3) is 0 Å². The first kappa shape index (κ1) is 14.6. The van der Waals surface area contributed by atoms with E-state index in [9.17, 15) is 9.60 Å². The minimum absolute atomic E-state index is 0.134. The monoisotopic (exact) mass is 775 g/mol. The number of hydrogen-bond donors (Lipinski definition) is 0. The fourth-order valence-electron chi connectivity index (χ4n) is 6.48. The maximum absolute atomic E-state index is 9.71. The summed E-state index contributed by atoms with van der Waals surface area (Å²) in [4.78, 5) is 8.70. The van der Waals surface area contributed by atoms with Crippen LogP contribution in [0.3, 0.4) is 0 Å². The highest BCUT2D eigenvalue weighted by Crippen LogP contribution is 2.42. The maximum Gasteiger partial charge on any atom is 0.143 e. The van der Waals surface area contributed by atoms with Crippen LogP contribution < -0.4 is 0 Å². The van der Waals surface area contributed by atoms with Gasteiger partial charge in [-0.15, -0.1) is 11.3 Å². The summed E-state index contributed by atoms with van der Waals surface area (Å²) in [6.45, 7) is 0. The number of benzene rings is 8. The predicted molar refractivity (Wildman–Crippen MR) is 237 cm³/mol. The Balaban J connectivity index is 1.10. The van der Waals surface area contributed by atoms with Crippen LogP contribution in [0, 0.1) is 0 Å². The highest BCUT2D eigenvalue weighted by atomic mass is 32.1. The fourth-order valence-corrected chi connectivity index (χ4v) is 7.53. The molecule has 0 radical (unpaired) electrons. The Hall–Kier alpha value is -7.34. The third-order valence-electron chi connectivity index (χ3n) is 9.01. The SMILES string of the molecule is [2H]c1c([2H])c(-c2c([2H])c([2H])c([2H])c(-c3ncnc4c3sc3c([2H])c([2H])c(-c5c([2H])c([2H])c([2H])c(-c6c([2H])c([2H])c([2H])c7c6oc6c([2H])c([2H])c([2H])c([2H])c67)c5[2H])c([2H])c34)c2[2H])c([2H])c(-c2c([2H])c([2H])c([2H])c3c2oc2c([2H])c([2H])c([2H])c([2H])c23)c1[2H]. The van der Waals surface area contributed by atoms with E-state index in [0.717, 1.165) is 6.33 Å². The van der Waals surface area contributed by atoms with E-state index in [0.29, 0.717) is 11.3 Å². The molecule has 0 saturated carbocycles. The molecule has 8 aromatic carbocycles. The van der Waals surface area contributed by atoms with Gasteiger partial charge in [0.15, 0.2) is 0 Å². The van der Waals surface area contributed by atoms with Crippen LogP contribution in [0.2, 0.25) is 0 Å². The van der Waals surface area contributed by atoms with Crippen LogP contribution in [0.5, 0.6) is 0 Å². The number of fused-ring (bicyclic) bond motifs is 9. The largest absolute Gasteiger partial charge is 0.455 e. The van der Waals surface area contributed by atoms with Crippen molar-refractivity contribution in [2.24, 2.45) is 0 Å². The first-order valence-electron chi connectivity index (χ1n) is 31.2. The minimum Gasteiger partial charge on any atom is -0.455 e. The Labute approximate surface area is 371 Å². The van der Waals surface area contributed by atoms with Crippen LogP contribution >= 0.6 is 11.3 Å². The molecule has 0 atom stereocenters. The van der Waals surface area contributed by atoms with Gasteiger partial charge in [-0.2, -0.15) is 0 Å². The highest BCUT2D eigenvalue weighted by Gasteiger charge is 2.17. The Kier molecular flexibility index (Phi) is 3.23. The van der Waals surface area contributed by atoms with Gasteiger partial charge in [-0.05, 0) is 75.7 Å². The topological polar surface area (TPSA) is 52.1 Å². The summed E-state index contributed by atoms with van der Waals surface area (Å²) >= 11 is 0.654. The van der Waals surface area contributed by atoms with Gasteiger partial charge in [-0.25, -0.2) is 9.97 Å². The van der Waals surface area contributed by atoms with Gasteiger partial charge < -0.3 is 8.83 Å². The second-order valence-corrected chi connectivity index (χ2v) is 13.2. The van der Waals surface area contributed by atoms with Crippen molar-refractivity contribution in [3.05, 3.63) is 182 Å². The van der Waals surface area contributed by atoms with E-state index in [-0.39, 0.29) is 36.8 Å².